The van der Waals surface area contributed by atoms with Gasteiger partial charge in [-0.2, -0.15) is 0 Å². The van der Waals surface area contributed by atoms with Crippen molar-refractivity contribution in [1.82, 2.24) is 9.38 Å². The Morgan fingerprint density at radius 1 is 1.00 bits per heavy atom. The van der Waals surface area contributed by atoms with Gasteiger partial charge in [-0.3, -0.25) is 0 Å². The van der Waals surface area contributed by atoms with Gasteiger partial charge in [-0.1, -0.05) is 26.0 Å². The molecule has 4 heteroatoms. The van der Waals surface area contributed by atoms with Gasteiger partial charge < -0.3 is 9.25 Å². The first kappa shape index (κ1) is 20.9. The SMILES string of the molecule is [C-]#[N+]C(C)(C)c1cc2nc[n+](C)c3c4c(C)c(C)cc5c6ccc(C(C)C)cc6n(c(c1)c23)c54. The van der Waals surface area contributed by atoms with E-state index in [9.17, 15) is 0 Å². The second-order valence-electron chi connectivity index (χ2n) is 10.6. The van der Waals surface area contributed by atoms with E-state index in [1.54, 1.807) is 0 Å². The lowest BCUT2D eigenvalue weighted by molar-refractivity contribution is -0.646. The first-order valence-electron chi connectivity index (χ1n) is 11.9. The zero-order valence-corrected chi connectivity index (χ0v) is 20.9. The molecule has 0 saturated carbocycles. The maximum atomic E-state index is 7.82. The second kappa shape index (κ2) is 6.67. The van der Waals surface area contributed by atoms with Crippen LogP contribution in [0, 0.1) is 20.4 Å². The molecule has 0 spiro atoms. The summed E-state index contributed by atoms with van der Waals surface area (Å²) in [5, 5.41) is 5.00. The van der Waals surface area contributed by atoms with Crippen molar-refractivity contribution in [3.05, 3.63) is 76.4 Å². The third-order valence-electron chi connectivity index (χ3n) is 7.78. The predicted molar refractivity (Wildman–Crippen MR) is 141 cm³/mol. The molecule has 0 N–H and O–H groups in total. The van der Waals surface area contributed by atoms with E-state index >= 15 is 0 Å². The Labute approximate surface area is 199 Å². The summed E-state index contributed by atoms with van der Waals surface area (Å²) in [7, 11) is 2.09. The molecule has 0 aliphatic carbocycles. The molecular weight excluding hydrogens is 416 g/mol. The van der Waals surface area contributed by atoms with Crippen LogP contribution in [0.2, 0.25) is 0 Å². The molecule has 3 aromatic carbocycles. The molecule has 4 nitrogen and oxygen atoms in total. The van der Waals surface area contributed by atoms with Crippen molar-refractivity contribution in [1.29, 1.82) is 0 Å². The van der Waals surface area contributed by atoms with Gasteiger partial charge in [0.25, 0.3) is 11.9 Å². The van der Waals surface area contributed by atoms with E-state index < -0.39 is 5.54 Å². The van der Waals surface area contributed by atoms with Gasteiger partial charge in [0.15, 0.2) is 5.52 Å². The Balaban J connectivity index is 2.02. The number of fused-ring (bicyclic) bond motifs is 5. The largest absolute Gasteiger partial charge is 0.308 e. The van der Waals surface area contributed by atoms with Gasteiger partial charge in [0, 0.05) is 36.2 Å². The van der Waals surface area contributed by atoms with E-state index in [1.165, 1.54) is 49.4 Å². The smallest absolute Gasteiger partial charge is 0.287 e. The third-order valence-corrected chi connectivity index (χ3v) is 7.78. The minimum atomic E-state index is -0.626. The van der Waals surface area contributed by atoms with Crippen LogP contribution >= 0.6 is 0 Å². The van der Waals surface area contributed by atoms with Crippen LogP contribution in [0.3, 0.4) is 0 Å². The van der Waals surface area contributed by atoms with Gasteiger partial charge in [0.2, 0.25) is 0 Å². The van der Waals surface area contributed by atoms with Crippen LogP contribution in [-0.2, 0) is 12.6 Å². The molecular formula is C30H29N4+. The van der Waals surface area contributed by atoms with E-state index in [4.69, 9.17) is 11.6 Å². The molecule has 168 valence electrons. The van der Waals surface area contributed by atoms with Crippen LogP contribution in [-0.4, -0.2) is 9.38 Å². The Morgan fingerprint density at radius 3 is 2.47 bits per heavy atom. The van der Waals surface area contributed by atoms with Crippen molar-refractivity contribution >= 4 is 49.1 Å². The number of aromatic nitrogens is 3. The number of hydrogen-bond acceptors (Lipinski definition) is 1. The molecule has 6 rings (SSSR count). The third kappa shape index (κ3) is 2.53. The number of rotatable bonds is 2. The summed E-state index contributed by atoms with van der Waals surface area (Å²) in [5.74, 6) is 0.445. The summed E-state index contributed by atoms with van der Waals surface area (Å²) in [5.41, 5.74) is 10.1. The molecule has 0 bridgehead atoms. The van der Waals surface area contributed by atoms with Gasteiger partial charge in [-0.05, 0) is 59.6 Å². The fourth-order valence-corrected chi connectivity index (χ4v) is 5.56. The van der Waals surface area contributed by atoms with Crippen molar-refractivity contribution in [3.8, 4) is 0 Å². The van der Waals surface area contributed by atoms with Crippen LogP contribution in [0.15, 0.2) is 42.7 Å². The van der Waals surface area contributed by atoms with Crippen LogP contribution in [0.5, 0.6) is 0 Å². The van der Waals surface area contributed by atoms with Gasteiger partial charge in [0.1, 0.15) is 5.52 Å². The second-order valence-corrected chi connectivity index (χ2v) is 10.6. The van der Waals surface area contributed by atoms with E-state index in [2.05, 4.69) is 85.0 Å². The van der Waals surface area contributed by atoms with Gasteiger partial charge in [0.05, 0.1) is 34.4 Å². The number of aryl methyl sites for hydroxylation is 3. The zero-order chi connectivity index (χ0) is 24.1. The Morgan fingerprint density at radius 2 is 1.76 bits per heavy atom. The van der Waals surface area contributed by atoms with Crippen molar-refractivity contribution in [2.75, 3.05) is 0 Å². The van der Waals surface area contributed by atoms with Crippen LogP contribution < -0.4 is 4.57 Å². The molecule has 3 heterocycles. The molecule has 0 aliphatic rings. The molecule has 0 amide bonds. The minimum Gasteiger partial charge on any atom is -0.308 e. The number of pyridine rings is 1. The van der Waals surface area contributed by atoms with Gasteiger partial charge >= 0.3 is 0 Å². The lowest BCUT2D eigenvalue weighted by Gasteiger charge is -2.17. The van der Waals surface area contributed by atoms with Crippen LogP contribution in [0.1, 0.15) is 55.9 Å². The fraction of sp³-hybridized carbons (Fsp3) is 0.300. The topological polar surface area (TPSA) is 25.5 Å². The zero-order valence-electron chi connectivity index (χ0n) is 20.9. The highest BCUT2D eigenvalue weighted by atomic mass is 15.0. The Kier molecular flexibility index (Phi) is 4.09. The lowest BCUT2D eigenvalue weighted by atomic mass is 9.92. The fourth-order valence-electron chi connectivity index (χ4n) is 5.56. The molecule has 3 aromatic heterocycles. The van der Waals surface area contributed by atoms with E-state index in [-0.39, 0.29) is 0 Å². The molecule has 0 atom stereocenters. The van der Waals surface area contributed by atoms with E-state index in [0.29, 0.717) is 5.92 Å². The number of nitrogens with zero attached hydrogens (tertiary/aromatic N) is 4. The maximum Gasteiger partial charge on any atom is 0.287 e. The minimum absolute atomic E-state index is 0.445. The molecule has 0 radical (unpaired) electrons. The monoisotopic (exact) mass is 445 g/mol. The van der Waals surface area contributed by atoms with Crippen molar-refractivity contribution < 1.29 is 4.57 Å². The number of hydrogen-bond donors (Lipinski definition) is 0. The average molecular weight is 446 g/mol. The standard InChI is InChI=1S/C30H29N4/c1-16(2)19-9-10-21-22-11-17(3)18(4)26-28(22)34(24(21)12-19)25-14-20(30(5,6)31-7)13-23-27(25)29(26)33(8)15-32-23/h9-16H,1-6,8H3/q+1. The highest BCUT2D eigenvalue weighted by Crippen LogP contribution is 2.43. The molecule has 34 heavy (non-hydrogen) atoms. The molecule has 0 saturated heterocycles. The maximum absolute atomic E-state index is 7.82. The van der Waals surface area contributed by atoms with Crippen molar-refractivity contribution in [2.45, 2.75) is 53.0 Å². The highest BCUT2D eigenvalue weighted by Gasteiger charge is 2.31. The summed E-state index contributed by atoms with van der Waals surface area (Å²) in [6.45, 7) is 20.7. The van der Waals surface area contributed by atoms with Crippen LogP contribution in [0.25, 0.3) is 54.0 Å². The normalized spacial score (nSPS) is 12.8. The van der Waals surface area contributed by atoms with E-state index in [1.807, 2.05) is 20.2 Å². The number of benzene rings is 3. The predicted octanol–water partition coefficient (Wildman–Crippen LogP) is 7.10. The lowest BCUT2D eigenvalue weighted by Crippen LogP contribution is -2.30. The summed E-state index contributed by atoms with van der Waals surface area (Å²) < 4.78 is 4.60. The first-order chi connectivity index (χ1) is 16.1. The van der Waals surface area contributed by atoms with E-state index in [0.717, 1.165) is 22.0 Å². The van der Waals surface area contributed by atoms with Gasteiger partial charge in [-0.25, -0.2) is 11.1 Å². The average Bonchev–Trinajstić information content (AvgIpc) is 3.13. The summed E-state index contributed by atoms with van der Waals surface area (Å²) in [6, 6.07) is 13.6. The van der Waals surface area contributed by atoms with Crippen molar-refractivity contribution in [2.24, 2.45) is 7.05 Å². The summed E-state index contributed by atoms with van der Waals surface area (Å²) >= 11 is 0. The summed E-state index contributed by atoms with van der Waals surface area (Å²) in [6.07, 6.45) is 1.92. The van der Waals surface area contributed by atoms with Crippen molar-refractivity contribution in [3.63, 3.8) is 0 Å². The molecule has 0 aliphatic heterocycles. The molecule has 6 aromatic rings. The Hall–Kier alpha value is -3.71. The van der Waals surface area contributed by atoms with Gasteiger partial charge in [-0.15, -0.1) is 0 Å². The van der Waals surface area contributed by atoms with Crippen LogP contribution in [0.4, 0.5) is 0 Å². The first-order valence-corrected chi connectivity index (χ1v) is 11.9. The Bertz CT molecular complexity index is 1840. The quantitative estimate of drug-likeness (QED) is 0.121. The highest BCUT2D eigenvalue weighted by molar-refractivity contribution is 6.25. The molecule has 0 fully saturated rings. The molecule has 0 unspecified atom stereocenters. The summed E-state index contributed by atoms with van der Waals surface area (Å²) in [4.78, 5) is 8.78.